The minimum absolute atomic E-state index is 0. The number of nitrogens with one attached hydrogen (secondary N) is 1. The molecule has 0 saturated heterocycles. The molecule has 3 aromatic carbocycles. The maximum absolute atomic E-state index is 11.2. The Hall–Kier alpha value is -1.97. The Balaban J connectivity index is 0.000000681. The summed E-state index contributed by atoms with van der Waals surface area (Å²) in [6.45, 7) is 2.00. The number of quaternary nitrogens is 1. The van der Waals surface area contributed by atoms with E-state index in [-0.39, 0.29) is 1.43 Å². The predicted octanol–water partition coefficient (Wildman–Crippen LogP) is 9.24. The molecule has 0 fully saturated rings. The van der Waals surface area contributed by atoms with E-state index in [1.54, 1.807) is 0 Å². The monoisotopic (exact) mass is 655 g/mol. The van der Waals surface area contributed by atoms with Gasteiger partial charge >= 0.3 is 70.8 Å². The first-order chi connectivity index (χ1) is 15.3. The van der Waals surface area contributed by atoms with Crippen LogP contribution in [0.25, 0.3) is 0 Å². The van der Waals surface area contributed by atoms with Gasteiger partial charge in [0.05, 0.1) is 0 Å². The summed E-state index contributed by atoms with van der Waals surface area (Å²) >= 11 is -11.2. The summed E-state index contributed by atoms with van der Waals surface area (Å²) in [7, 11) is -10.7. The maximum Gasteiger partial charge on any atom is 1.00 e. The molecule has 0 aliphatic heterocycles. The summed E-state index contributed by atoms with van der Waals surface area (Å²) in [5.41, 5.74) is 4.07. The standard InChI is InChI=1S/C20H19N.F6P.6FH.Sb/c1-4-10-18(11-5-1)16-21(20-14-8-3-9-15-20)17-19-12-6-2-7-13-19;1-7(2,3,4,5)6;;;;;;;/h1-15H,16-17H2;;6*1H;/q;-1;;;;;;;+5/p-4. The molecule has 0 amide bonds. The number of hydrogen-bond acceptors (Lipinski definition) is 0. The van der Waals surface area contributed by atoms with Crippen molar-refractivity contribution in [1.82, 2.24) is 0 Å². The van der Waals surface area contributed by atoms with Crippen LogP contribution < -0.4 is 4.90 Å². The molecule has 200 valence electrons. The molecule has 0 saturated carbocycles. The normalized spacial score (nSPS) is 15.7. The van der Waals surface area contributed by atoms with Crippen molar-refractivity contribution in [3.8, 4) is 0 Å². The second-order valence-corrected chi connectivity index (χ2v) is 14.6. The third kappa shape index (κ3) is 24.9. The van der Waals surface area contributed by atoms with Gasteiger partial charge in [-0.25, -0.2) is 0 Å². The van der Waals surface area contributed by atoms with E-state index in [0.29, 0.717) is 0 Å². The molecule has 3 rings (SSSR count). The van der Waals surface area contributed by atoms with E-state index < -0.39 is 27.3 Å². The molecule has 1 N–H and O–H groups in total. The molecule has 15 heteroatoms. The first kappa shape index (κ1) is 31.1. The third-order valence-electron chi connectivity index (χ3n) is 3.70. The zero-order valence-electron chi connectivity index (χ0n) is 18.5. The first-order valence-electron chi connectivity index (χ1n) is 9.42. The Morgan fingerprint density at radius 3 is 1.00 bits per heavy atom. The Kier molecular flexibility index (Phi) is 8.41. The van der Waals surface area contributed by atoms with Gasteiger partial charge in [0, 0.05) is 11.1 Å². The quantitative estimate of drug-likeness (QED) is 0.159. The Morgan fingerprint density at radius 1 is 0.514 bits per heavy atom. The molecule has 1 nitrogen and oxygen atoms in total. The van der Waals surface area contributed by atoms with Crippen LogP contribution in [0.1, 0.15) is 12.6 Å². The van der Waals surface area contributed by atoms with E-state index in [1.165, 1.54) is 21.7 Å². The van der Waals surface area contributed by atoms with Gasteiger partial charge in [-0.2, -0.15) is 0 Å². The van der Waals surface area contributed by atoms with Crippen molar-refractivity contribution in [3.05, 3.63) is 102 Å². The molecule has 0 heterocycles. The van der Waals surface area contributed by atoms with Crippen LogP contribution >= 0.6 is 7.81 Å². The van der Waals surface area contributed by atoms with Gasteiger partial charge < -0.3 is 0 Å². The zero-order chi connectivity index (χ0) is 27.1. The summed E-state index contributed by atoms with van der Waals surface area (Å²) in [4.78, 5) is 1.47. The Bertz CT molecular complexity index is 971. The fourth-order valence-corrected chi connectivity index (χ4v) is 2.63. The van der Waals surface area contributed by atoms with Gasteiger partial charge in [-0.05, 0) is 12.1 Å². The van der Waals surface area contributed by atoms with E-state index in [1.807, 2.05) is 0 Å². The number of hydrogen-bond donors (Lipinski definition) is 1. The molecule has 0 spiro atoms. The fraction of sp³-hybridized carbons (Fsp3) is 0.100. The average Bonchev–Trinajstić information content (AvgIpc) is 2.65. The van der Waals surface area contributed by atoms with Crippen LogP contribution in [0.2, 0.25) is 0 Å². The fourth-order valence-electron chi connectivity index (χ4n) is 2.63. The van der Waals surface area contributed by atoms with Crippen LogP contribution in [0, 0.1) is 0 Å². The van der Waals surface area contributed by atoms with Crippen LogP contribution in [0.15, 0.2) is 91.0 Å². The number of para-hydroxylation sites is 1. The molecule has 0 unspecified atom stereocenters. The maximum atomic E-state index is 9.93. The van der Waals surface area contributed by atoms with Crippen molar-refractivity contribution in [3.63, 3.8) is 0 Å². The third-order valence-corrected chi connectivity index (χ3v) is 3.70. The molecule has 0 radical (unpaired) electrons. The minimum atomic E-state index is -11.2. The van der Waals surface area contributed by atoms with E-state index in [4.69, 9.17) is 0 Å². The van der Waals surface area contributed by atoms with Gasteiger partial charge in [0.2, 0.25) is 0 Å². The minimum Gasteiger partial charge on any atom is -0.295 e. The van der Waals surface area contributed by atoms with E-state index in [2.05, 4.69) is 91.0 Å². The van der Waals surface area contributed by atoms with Gasteiger partial charge in [0.1, 0.15) is 18.8 Å². The Morgan fingerprint density at radius 2 is 0.743 bits per heavy atom. The van der Waals surface area contributed by atoms with Gasteiger partial charge in [0.25, 0.3) is 0 Å². The van der Waals surface area contributed by atoms with Gasteiger partial charge in [0.15, 0.2) is 0 Å². The molecule has 0 aromatic heterocycles. The van der Waals surface area contributed by atoms with Crippen LogP contribution in [0.3, 0.4) is 0 Å². The number of rotatable bonds is 5. The summed E-state index contributed by atoms with van der Waals surface area (Å²) in [5, 5.41) is 0. The summed E-state index contributed by atoms with van der Waals surface area (Å²) < 4.78 is 119. The smallest absolute Gasteiger partial charge is 0.295 e. The number of halogens is 12. The molecule has 3 aromatic rings. The largest absolute Gasteiger partial charge is 1.00 e. The van der Waals surface area contributed by atoms with Crippen LogP contribution in [-0.2, 0) is 13.1 Å². The summed E-state index contributed by atoms with van der Waals surface area (Å²) in [6, 6.07) is 32.1. The van der Waals surface area contributed by atoms with Crippen LogP contribution in [-0.4, -0.2) is 19.5 Å². The molecule has 0 aliphatic carbocycles. The molecular weight excluding hydrogens is 635 g/mol. The molecule has 35 heavy (non-hydrogen) atoms. The van der Waals surface area contributed by atoms with Crippen LogP contribution in [0.4, 0.5) is 47.7 Å². The van der Waals surface area contributed by atoms with Crippen LogP contribution in [0.5, 0.6) is 0 Å². The van der Waals surface area contributed by atoms with Crippen molar-refractivity contribution in [2.75, 3.05) is 0 Å². The van der Waals surface area contributed by atoms with Gasteiger partial charge in [-0.3, -0.25) is 4.90 Å². The van der Waals surface area contributed by atoms with E-state index in [0.717, 1.165) is 13.1 Å². The second kappa shape index (κ2) is 9.48. The molecular formula is C20H21F12NPSb. The molecule has 0 atom stereocenters. The number of benzene rings is 3. The molecule has 0 bridgehead atoms. The van der Waals surface area contributed by atoms with Crippen molar-refractivity contribution in [2.24, 2.45) is 0 Å². The first-order valence-corrected chi connectivity index (χ1v) is 17.2. The van der Waals surface area contributed by atoms with Gasteiger partial charge in [-0.15, -0.1) is 0 Å². The van der Waals surface area contributed by atoms with Crippen molar-refractivity contribution in [2.45, 2.75) is 13.1 Å². The van der Waals surface area contributed by atoms with Crippen molar-refractivity contribution in [1.29, 1.82) is 0 Å². The summed E-state index contributed by atoms with van der Waals surface area (Å²) in [5.74, 6) is 0. The van der Waals surface area contributed by atoms with Gasteiger partial charge in [-0.1, -0.05) is 78.9 Å². The van der Waals surface area contributed by atoms with E-state index in [9.17, 15) is 42.1 Å². The van der Waals surface area contributed by atoms with Crippen molar-refractivity contribution < 1.29 is 48.4 Å². The summed E-state index contributed by atoms with van der Waals surface area (Å²) in [6.07, 6.45) is 0. The SMILES string of the molecule is F[P-](F)(F)(F)(F)F.[F][Sb-]([F])([F])([F])([F])[F].[H+].c1ccc(C[NH+](Cc2ccccc2)c2ccccc2)cc1. The van der Waals surface area contributed by atoms with E-state index >= 15 is 0 Å². The van der Waals surface area contributed by atoms with Crippen molar-refractivity contribution >= 4 is 33.0 Å². The zero-order valence-corrected chi connectivity index (χ0v) is 21.0. The second-order valence-electron chi connectivity index (χ2n) is 7.21. The topological polar surface area (TPSA) is 4.44 Å². The molecule has 0 aliphatic rings. The Labute approximate surface area is 196 Å². The predicted molar refractivity (Wildman–Crippen MR) is 114 cm³/mol. The average molecular weight is 656 g/mol.